The summed E-state index contributed by atoms with van der Waals surface area (Å²) in [5.74, 6) is 0. The average Bonchev–Trinajstić information content (AvgIpc) is 2.84. The van der Waals surface area contributed by atoms with E-state index in [1.54, 1.807) is 23.7 Å². The summed E-state index contributed by atoms with van der Waals surface area (Å²) in [5.41, 5.74) is 0.826. The number of hydrogen-bond acceptors (Lipinski definition) is 3. The van der Waals surface area contributed by atoms with Crippen molar-refractivity contribution < 1.29 is 9.52 Å². The molecule has 2 rings (SSSR count). The number of halogens is 1. The molecule has 2 aromatic heterocycles. The van der Waals surface area contributed by atoms with Crippen molar-refractivity contribution in [1.82, 2.24) is 0 Å². The Morgan fingerprint density at radius 2 is 2.33 bits per heavy atom. The number of aliphatic hydroxyl groups is 1. The van der Waals surface area contributed by atoms with E-state index in [1.165, 1.54) is 4.88 Å². The summed E-state index contributed by atoms with van der Waals surface area (Å²) >= 11 is 4.98. The van der Waals surface area contributed by atoms with Gasteiger partial charge in [-0.1, -0.05) is 6.07 Å². The fraction of sp³-hybridized carbons (Fsp3) is 0.273. The van der Waals surface area contributed by atoms with Gasteiger partial charge in [0.05, 0.1) is 12.4 Å². The molecule has 0 aliphatic heterocycles. The fourth-order valence-electron chi connectivity index (χ4n) is 1.43. The van der Waals surface area contributed by atoms with E-state index in [9.17, 15) is 5.11 Å². The van der Waals surface area contributed by atoms with Crippen molar-refractivity contribution in [3.63, 3.8) is 0 Å². The molecule has 2 aromatic rings. The SMILES string of the molecule is OC(CCc1cccs1)c1ccoc1Br. The van der Waals surface area contributed by atoms with Crippen molar-refractivity contribution in [2.75, 3.05) is 0 Å². The minimum Gasteiger partial charge on any atom is -0.457 e. The molecule has 1 unspecified atom stereocenters. The molecule has 0 saturated heterocycles. The molecule has 4 heteroatoms. The number of hydrogen-bond donors (Lipinski definition) is 1. The summed E-state index contributed by atoms with van der Waals surface area (Å²) in [4.78, 5) is 1.30. The van der Waals surface area contributed by atoms with Gasteiger partial charge >= 0.3 is 0 Å². The van der Waals surface area contributed by atoms with Crippen LogP contribution >= 0.6 is 27.3 Å². The van der Waals surface area contributed by atoms with Crippen LogP contribution in [0.3, 0.4) is 0 Å². The minimum atomic E-state index is -0.458. The molecule has 0 saturated carbocycles. The molecule has 80 valence electrons. The molecule has 2 heterocycles. The maximum atomic E-state index is 9.90. The van der Waals surface area contributed by atoms with E-state index in [-0.39, 0.29) is 0 Å². The fourth-order valence-corrected chi connectivity index (χ4v) is 2.66. The lowest BCUT2D eigenvalue weighted by molar-refractivity contribution is 0.166. The highest BCUT2D eigenvalue weighted by Gasteiger charge is 2.13. The quantitative estimate of drug-likeness (QED) is 0.928. The summed E-state index contributed by atoms with van der Waals surface area (Å²) in [6.45, 7) is 0. The molecule has 0 radical (unpaired) electrons. The van der Waals surface area contributed by atoms with Gasteiger partial charge in [-0.05, 0) is 46.3 Å². The number of aliphatic hydroxyl groups excluding tert-OH is 1. The van der Waals surface area contributed by atoms with Crippen molar-refractivity contribution in [3.05, 3.63) is 45.0 Å². The van der Waals surface area contributed by atoms with E-state index >= 15 is 0 Å². The van der Waals surface area contributed by atoms with Gasteiger partial charge in [0.2, 0.25) is 0 Å². The van der Waals surface area contributed by atoms with E-state index in [4.69, 9.17) is 4.42 Å². The highest BCUT2D eigenvalue weighted by atomic mass is 79.9. The van der Waals surface area contributed by atoms with Gasteiger partial charge in [0.15, 0.2) is 4.67 Å². The topological polar surface area (TPSA) is 33.4 Å². The van der Waals surface area contributed by atoms with Crippen molar-refractivity contribution in [2.45, 2.75) is 18.9 Å². The lowest BCUT2D eigenvalue weighted by Crippen LogP contribution is -1.97. The molecule has 1 N–H and O–H groups in total. The normalized spacial score (nSPS) is 12.9. The first kappa shape index (κ1) is 10.9. The first-order valence-electron chi connectivity index (χ1n) is 4.70. The van der Waals surface area contributed by atoms with Crippen LogP contribution < -0.4 is 0 Å². The van der Waals surface area contributed by atoms with Gasteiger partial charge in [-0.2, -0.15) is 0 Å². The lowest BCUT2D eigenvalue weighted by Gasteiger charge is -2.07. The van der Waals surface area contributed by atoms with Gasteiger partial charge in [-0.3, -0.25) is 0 Å². The van der Waals surface area contributed by atoms with Crippen LogP contribution in [0.1, 0.15) is 23.0 Å². The minimum absolute atomic E-state index is 0.458. The van der Waals surface area contributed by atoms with E-state index < -0.39 is 6.10 Å². The molecule has 0 amide bonds. The van der Waals surface area contributed by atoms with E-state index in [0.717, 1.165) is 18.4 Å². The maximum absolute atomic E-state index is 9.90. The van der Waals surface area contributed by atoms with Gasteiger partial charge < -0.3 is 9.52 Å². The smallest absolute Gasteiger partial charge is 0.174 e. The van der Waals surface area contributed by atoms with Gasteiger partial charge in [-0.25, -0.2) is 0 Å². The molecule has 0 bridgehead atoms. The third-order valence-electron chi connectivity index (χ3n) is 2.25. The molecular formula is C11H11BrO2S. The Kier molecular flexibility index (Phi) is 3.61. The van der Waals surface area contributed by atoms with Crippen LogP contribution in [0.4, 0.5) is 0 Å². The largest absolute Gasteiger partial charge is 0.457 e. The van der Waals surface area contributed by atoms with Crippen LogP contribution in [0.2, 0.25) is 0 Å². The number of thiophene rings is 1. The third-order valence-corrected chi connectivity index (χ3v) is 3.83. The molecule has 15 heavy (non-hydrogen) atoms. The summed E-state index contributed by atoms with van der Waals surface area (Å²) in [6.07, 6.45) is 2.74. The van der Waals surface area contributed by atoms with Crippen LogP contribution in [-0.2, 0) is 6.42 Å². The Morgan fingerprint density at radius 1 is 1.47 bits per heavy atom. The van der Waals surface area contributed by atoms with Crippen LogP contribution in [0.5, 0.6) is 0 Å². The maximum Gasteiger partial charge on any atom is 0.174 e. The monoisotopic (exact) mass is 286 g/mol. The predicted octanol–water partition coefficient (Wildman–Crippen LogP) is 3.77. The standard InChI is InChI=1S/C11H11BrO2S/c12-11-9(5-6-14-11)10(13)4-3-8-2-1-7-15-8/h1-2,5-7,10,13H,3-4H2. The molecule has 0 aliphatic carbocycles. The van der Waals surface area contributed by atoms with Crippen LogP contribution in [0, 0.1) is 0 Å². The first-order valence-corrected chi connectivity index (χ1v) is 6.38. The molecule has 0 fully saturated rings. The highest BCUT2D eigenvalue weighted by molar-refractivity contribution is 9.10. The van der Waals surface area contributed by atoms with Crippen molar-refractivity contribution >= 4 is 27.3 Å². The van der Waals surface area contributed by atoms with Crippen molar-refractivity contribution in [3.8, 4) is 0 Å². The van der Waals surface area contributed by atoms with Gasteiger partial charge in [0.1, 0.15) is 0 Å². The first-order chi connectivity index (χ1) is 7.27. The zero-order valence-electron chi connectivity index (χ0n) is 8.02. The Hall–Kier alpha value is -0.580. The number of furan rings is 1. The second kappa shape index (κ2) is 4.96. The third kappa shape index (κ3) is 2.71. The summed E-state index contributed by atoms with van der Waals surface area (Å²) in [7, 11) is 0. The zero-order valence-corrected chi connectivity index (χ0v) is 10.4. The van der Waals surface area contributed by atoms with E-state index in [1.807, 2.05) is 6.07 Å². The lowest BCUT2D eigenvalue weighted by atomic mass is 10.1. The van der Waals surface area contributed by atoms with Crippen LogP contribution in [0.25, 0.3) is 0 Å². The number of rotatable bonds is 4. The van der Waals surface area contributed by atoms with E-state index in [2.05, 4.69) is 27.4 Å². The Balaban J connectivity index is 1.93. The van der Waals surface area contributed by atoms with Gasteiger partial charge in [-0.15, -0.1) is 11.3 Å². The average molecular weight is 287 g/mol. The van der Waals surface area contributed by atoms with Crippen molar-refractivity contribution in [1.29, 1.82) is 0 Å². The number of aryl methyl sites for hydroxylation is 1. The summed E-state index contributed by atoms with van der Waals surface area (Å²) in [5, 5.41) is 12.0. The predicted molar refractivity (Wildman–Crippen MR) is 64.0 cm³/mol. The van der Waals surface area contributed by atoms with Gasteiger partial charge in [0, 0.05) is 10.4 Å². The molecular weight excluding hydrogens is 276 g/mol. The Bertz CT molecular complexity index is 408. The zero-order chi connectivity index (χ0) is 10.7. The van der Waals surface area contributed by atoms with Crippen LogP contribution in [-0.4, -0.2) is 5.11 Å². The van der Waals surface area contributed by atoms with Crippen molar-refractivity contribution in [2.24, 2.45) is 0 Å². The second-order valence-corrected chi connectivity index (χ2v) is 5.04. The van der Waals surface area contributed by atoms with E-state index in [0.29, 0.717) is 4.67 Å². The Labute approximate surface area is 101 Å². The van der Waals surface area contributed by atoms with Gasteiger partial charge in [0.25, 0.3) is 0 Å². The second-order valence-electron chi connectivity index (χ2n) is 3.28. The molecule has 0 aliphatic rings. The summed E-state index contributed by atoms with van der Waals surface area (Å²) < 4.78 is 5.71. The molecule has 1 atom stereocenters. The Morgan fingerprint density at radius 3 is 2.93 bits per heavy atom. The molecule has 0 aromatic carbocycles. The highest BCUT2D eigenvalue weighted by Crippen LogP contribution is 2.28. The van der Waals surface area contributed by atoms with Crippen LogP contribution in [0.15, 0.2) is 38.9 Å². The summed E-state index contributed by atoms with van der Waals surface area (Å²) in [6, 6.07) is 5.91. The molecule has 0 spiro atoms. The molecule has 2 nitrogen and oxygen atoms in total.